The van der Waals surface area contributed by atoms with Gasteiger partial charge in [-0.05, 0) is 130 Å². The number of hydrogen-bond acceptors (Lipinski definition) is 12. The molecular weight excluding hydrogens is 836 g/mol. The molecule has 6 aliphatic heterocycles. The normalized spacial score (nSPS) is 22.7. The van der Waals surface area contributed by atoms with E-state index in [0.29, 0.717) is 18.5 Å². The molecule has 3 aromatic heterocycles. The minimum absolute atomic E-state index is 0. The molecule has 64 heavy (non-hydrogen) atoms. The SMILES string of the molecule is Cc1ccnc(C2=NC=CC(=CN3C=CN(C)C3C)C2)c1.Cc1ccnc(C2=NC=CC(=CN3C=CN(C)C3C)C2)c1.Cc1ccnc(C2=NC=CC(=CN3C=CN(C)C3C)C2)c1.[Fe+2]. The van der Waals surface area contributed by atoms with Crippen molar-refractivity contribution in [2.24, 2.45) is 15.0 Å². The Balaban J connectivity index is 0.000000158. The second-order valence-electron chi connectivity index (χ2n) is 16.6. The summed E-state index contributed by atoms with van der Waals surface area (Å²) < 4.78 is 0. The van der Waals surface area contributed by atoms with Crippen LogP contribution in [0.2, 0.25) is 0 Å². The van der Waals surface area contributed by atoms with E-state index in [1.165, 1.54) is 33.4 Å². The summed E-state index contributed by atoms with van der Waals surface area (Å²) in [5.74, 6) is 0. The van der Waals surface area contributed by atoms with Gasteiger partial charge in [-0.3, -0.25) is 29.9 Å². The molecule has 0 bridgehead atoms. The van der Waals surface area contributed by atoms with Gasteiger partial charge in [-0.25, -0.2) is 0 Å². The average molecular weight is 897 g/mol. The van der Waals surface area contributed by atoms with Gasteiger partial charge in [-0.1, -0.05) is 0 Å². The minimum Gasteiger partial charge on any atom is -0.359 e. The fraction of sp³-hybridized carbons (Fsp3) is 0.294. The molecule has 330 valence electrons. The molecule has 3 atom stereocenters. The Hall–Kier alpha value is -6.56. The van der Waals surface area contributed by atoms with Crippen LogP contribution in [0.15, 0.2) is 179 Å². The van der Waals surface area contributed by atoms with Crippen LogP contribution < -0.4 is 0 Å². The van der Waals surface area contributed by atoms with E-state index in [9.17, 15) is 0 Å². The predicted octanol–water partition coefficient (Wildman–Crippen LogP) is 9.13. The third kappa shape index (κ3) is 12.1. The van der Waals surface area contributed by atoms with Gasteiger partial charge in [-0.2, -0.15) is 0 Å². The van der Waals surface area contributed by atoms with Gasteiger partial charge in [0.1, 0.15) is 18.5 Å². The van der Waals surface area contributed by atoms with Crippen LogP contribution in [0.1, 0.15) is 73.8 Å². The summed E-state index contributed by atoms with van der Waals surface area (Å²) >= 11 is 0. The Morgan fingerprint density at radius 2 is 0.734 bits per heavy atom. The van der Waals surface area contributed by atoms with Crippen LogP contribution in [0, 0.1) is 20.8 Å². The molecule has 0 aromatic carbocycles. The van der Waals surface area contributed by atoms with E-state index in [4.69, 9.17) is 0 Å². The van der Waals surface area contributed by atoms with E-state index in [1.807, 2.05) is 55.4 Å². The quantitative estimate of drug-likeness (QED) is 0.225. The smallest absolute Gasteiger partial charge is 0.359 e. The van der Waals surface area contributed by atoms with Crippen molar-refractivity contribution >= 4 is 17.1 Å². The van der Waals surface area contributed by atoms with E-state index in [0.717, 1.165) is 53.5 Å². The summed E-state index contributed by atoms with van der Waals surface area (Å²) in [6.07, 6.45) is 39.9. The second kappa shape index (κ2) is 21.7. The number of aliphatic imine (C=N–C) groups is 3. The summed E-state index contributed by atoms with van der Waals surface area (Å²) in [6.45, 7) is 12.8. The van der Waals surface area contributed by atoms with Crippen LogP contribution in [-0.4, -0.2) is 101 Å². The van der Waals surface area contributed by atoms with Gasteiger partial charge in [0, 0.05) is 133 Å². The van der Waals surface area contributed by atoms with Gasteiger partial charge in [0.2, 0.25) is 0 Å². The molecule has 0 N–H and O–H groups in total. The zero-order valence-corrected chi connectivity index (χ0v) is 39.5. The summed E-state index contributed by atoms with van der Waals surface area (Å²) in [6, 6.07) is 12.3. The van der Waals surface area contributed by atoms with Gasteiger partial charge in [0.05, 0.1) is 34.2 Å². The molecule has 0 saturated carbocycles. The molecule has 0 fully saturated rings. The third-order valence-corrected chi connectivity index (χ3v) is 11.7. The summed E-state index contributed by atoms with van der Waals surface area (Å²) in [5, 5.41) is 0. The number of aromatic nitrogens is 3. The molecule has 6 aliphatic rings. The average Bonchev–Trinajstić information content (AvgIpc) is 3.90. The second-order valence-corrected chi connectivity index (χ2v) is 16.6. The van der Waals surface area contributed by atoms with Crippen LogP contribution >= 0.6 is 0 Å². The molecular formula is C51H60FeN12+2. The van der Waals surface area contributed by atoms with Crippen molar-refractivity contribution in [3.8, 4) is 0 Å². The zero-order chi connectivity index (χ0) is 44.5. The van der Waals surface area contributed by atoms with E-state index in [2.05, 4.69) is 214 Å². The maximum absolute atomic E-state index is 4.49. The van der Waals surface area contributed by atoms with Crippen LogP contribution in [-0.2, 0) is 17.1 Å². The molecule has 0 aliphatic carbocycles. The van der Waals surface area contributed by atoms with Crippen LogP contribution in [0.4, 0.5) is 0 Å². The first kappa shape index (κ1) is 46.9. The van der Waals surface area contributed by atoms with Gasteiger partial charge >= 0.3 is 17.1 Å². The third-order valence-electron chi connectivity index (χ3n) is 11.7. The predicted molar refractivity (Wildman–Crippen MR) is 257 cm³/mol. The maximum Gasteiger partial charge on any atom is 2.00 e. The van der Waals surface area contributed by atoms with E-state index < -0.39 is 0 Å². The molecule has 0 radical (unpaired) electrons. The fourth-order valence-corrected chi connectivity index (χ4v) is 7.33. The van der Waals surface area contributed by atoms with Gasteiger partial charge in [0.25, 0.3) is 0 Å². The number of nitrogens with zero attached hydrogens (tertiary/aromatic N) is 12. The number of hydrogen-bond donors (Lipinski definition) is 0. The van der Waals surface area contributed by atoms with Crippen LogP contribution in [0.25, 0.3) is 0 Å². The van der Waals surface area contributed by atoms with Crippen molar-refractivity contribution in [2.45, 2.75) is 79.3 Å². The Bertz CT molecular complexity index is 2250. The summed E-state index contributed by atoms with van der Waals surface area (Å²) in [4.78, 5) is 39.9. The zero-order valence-electron chi connectivity index (χ0n) is 38.4. The first-order chi connectivity index (χ1) is 30.4. The van der Waals surface area contributed by atoms with Crippen molar-refractivity contribution in [3.63, 3.8) is 0 Å². The number of pyridine rings is 3. The Morgan fingerprint density at radius 1 is 0.453 bits per heavy atom. The Labute approximate surface area is 390 Å². The number of rotatable bonds is 6. The molecule has 12 nitrogen and oxygen atoms in total. The minimum atomic E-state index is 0. The van der Waals surface area contributed by atoms with Crippen molar-refractivity contribution in [1.82, 2.24) is 44.4 Å². The first-order valence-electron chi connectivity index (χ1n) is 21.5. The van der Waals surface area contributed by atoms with Gasteiger partial charge < -0.3 is 29.4 Å². The van der Waals surface area contributed by atoms with E-state index in [1.54, 1.807) is 0 Å². The van der Waals surface area contributed by atoms with Crippen LogP contribution in [0.3, 0.4) is 0 Å². The molecule has 9 rings (SSSR count). The molecule has 9 heterocycles. The standard InChI is InChI=1S/3C17H20N4.Fe/c3*1-13-4-6-18-16(10-13)17-11-15(5-7-19-17)12-21-9-8-20(3)14(21)2;/h3*4-10,12,14H,11H2,1-3H3;/q;;;+2. The Morgan fingerprint density at radius 3 is 0.969 bits per heavy atom. The van der Waals surface area contributed by atoms with Crippen LogP contribution in [0.5, 0.6) is 0 Å². The molecule has 0 saturated heterocycles. The van der Waals surface area contributed by atoms with Crippen molar-refractivity contribution in [3.05, 3.63) is 198 Å². The van der Waals surface area contributed by atoms with E-state index >= 15 is 0 Å². The molecule has 3 aromatic rings. The number of aryl methyl sites for hydroxylation is 3. The first-order valence-corrected chi connectivity index (χ1v) is 21.5. The Kier molecular flexibility index (Phi) is 15.9. The maximum atomic E-state index is 4.49. The summed E-state index contributed by atoms with van der Waals surface area (Å²) in [7, 11) is 6.25. The van der Waals surface area contributed by atoms with Gasteiger partial charge in [0.15, 0.2) is 0 Å². The molecule has 13 heteroatoms. The molecule has 0 spiro atoms. The summed E-state index contributed by atoms with van der Waals surface area (Å²) in [5.41, 5.74) is 13.3. The topological polar surface area (TPSA) is 95.2 Å². The fourth-order valence-electron chi connectivity index (χ4n) is 7.33. The monoisotopic (exact) mass is 896 g/mol. The largest absolute Gasteiger partial charge is 2.00 e. The van der Waals surface area contributed by atoms with Crippen molar-refractivity contribution in [2.75, 3.05) is 21.1 Å². The van der Waals surface area contributed by atoms with Gasteiger partial charge in [-0.15, -0.1) is 0 Å². The molecule has 3 unspecified atom stereocenters. The van der Waals surface area contributed by atoms with E-state index in [-0.39, 0.29) is 17.1 Å². The molecule has 0 amide bonds. The number of allylic oxidation sites excluding steroid dienone is 6. The van der Waals surface area contributed by atoms with Crippen molar-refractivity contribution < 1.29 is 17.1 Å². The van der Waals surface area contributed by atoms with Crippen molar-refractivity contribution in [1.29, 1.82) is 0 Å².